The van der Waals surface area contributed by atoms with Crippen LogP contribution in [-0.2, 0) is 15.1 Å². The van der Waals surface area contributed by atoms with E-state index >= 15 is 4.39 Å². The lowest BCUT2D eigenvalue weighted by atomic mass is 9.77. The molecule has 1 fully saturated rings. The molecule has 1 N–H and O–H groups in total. The van der Waals surface area contributed by atoms with Gasteiger partial charge in [-0.3, -0.25) is 4.79 Å². The molecule has 1 aromatic heterocycles. The number of hydrogen-bond acceptors (Lipinski definition) is 5. The Hall–Kier alpha value is -5.96. The fourth-order valence-corrected chi connectivity index (χ4v) is 7.29. The van der Waals surface area contributed by atoms with Crippen molar-refractivity contribution < 1.29 is 23.5 Å². The Balaban J connectivity index is 1.42. The molecule has 6 aromatic rings. The minimum Gasteiger partial charge on any atom is -0.497 e. The van der Waals surface area contributed by atoms with E-state index in [-0.39, 0.29) is 12.5 Å². The maximum atomic E-state index is 15.4. The van der Waals surface area contributed by atoms with Gasteiger partial charge in [-0.05, 0) is 86.2 Å². The van der Waals surface area contributed by atoms with E-state index in [9.17, 15) is 9.59 Å². The molecule has 1 atom stereocenters. The largest absolute Gasteiger partial charge is 0.497 e. The number of aromatic nitrogens is 2. The van der Waals surface area contributed by atoms with Crippen LogP contribution in [0.3, 0.4) is 0 Å². The second kappa shape index (κ2) is 14.6. The van der Waals surface area contributed by atoms with Crippen molar-refractivity contribution in [1.82, 2.24) is 14.7 Å². The third-order valence-electron chi connectivity index (χ3n) is 9.74. The van der Waals surface area contributed by atoms with Gasteiger partial charge in [-0.1, -0.05) is 97.1 Å². The van der Waals surface area contributed by atoms with Crippen LogP contribution in [0.4, 0.5) is 15.0 Å². The van der Waals surface area contributed by atoms with Crippen LogP contribution in [0, 0.1) is 11.7 Å². The molecule has 0 saturated carbocycles. The Morgan fingerprint density at radius 3 is 1.98 bits per heavy atom. The summed E-state index contributed by atoms with van der Waals surface area (Å²) in [6, 6.07) is 40.8. The Labute approximate surface area is 309 Å². The van der Waals surface area contributed by atoms with Gasteiger partial charge in [0.05, 0.1) is 18.5 Å². The van der Waals surface area contributed by atoms with Crippen molar-refractivity contribution in [2.75, 3.05) is 25.5 Å². The SMILES string of the molecule is COc1ccc(F)c(-c2ccc3c(c2)c(NC(=O)[C@@H]2CCCN(C(=O)OC(C)(C)C)C2)nn3C(c2ccccc2)(c2ccccc2)c2ccccc2)c1. The summed E-state index contributed by atoms with van der Waals surface area (Å²) in [4.78, 5) is 28.8. The number of methoxy groups -OCH3 is 1. The summed E-state index contributed by atoms with van der Waals surface area (Å²) in [6.07, 6.45) is 0.824. The van der Waals surface area contributed by atoms with Gasteiger partial charge in [0.25, 0.3) is 0 Å². The standard InChI is InChI=1S/C44H43FN4O4/c1-43(2,3)53-42(51)48-26-14-15-31(29-48)41(50)46-40-37-27-30(36-28-35(52-4)23-24-38(36)45)22-25-39(37)49(47-40)44(32-16-8-5-9-17-32,33-18-10-6-11-19-33)34-20-12-7-13-21-34/h5-13,16-25,27-28,31H,14-15,26,29H2,1-4H3,(H,46,47,50)/t31-/m1/s1. The van der Waals surface area contributed by atoms with Crippen LogP contribution in [0.2, 0.25) is 0 Å². The van der Waals surface area contributed by atoms with E-state index in [4.69, 9.17) is 14.6 Å². The van der Waals surface area contributed by atoms with Gasteiger partial charge in [-0.15, -0.1) is 0 Å². The van der Waals surface area contributed by atoms with E-state index in [0.717, 1.165) is 22.2 Å². The second-order valence-corrected chi connectivity index (χ2v) is 14.4. The highest BCUT2D eigenvalue weighted by Gasteiger charge is 2.41. The van der Waals surface area contributed by atoms with Crippen LogP contribution in [0.1, 0.15) is 50.3 Å². The monoisotopic (exact) mass is 710 g/mol. The highest BCUT2D eigenvalue weighted by atomic mass is 19.1. The molecule has 7 rings (SSSR count). The smallest absolute Gasteiger partial charge is 0.410 e. The van der Waals surface area contributed by atoms with Crippen LogP contribution >= 0.6 is 0 Å². The van der Waals surface area contributed by atoms with Crippen molar-refractivity contribution in [1.29, 1.82) is 0 Å². The second-order valence-electron chi connectivity index (χ2n) is 14.4. The first kappa shape index (κ1) is 35.4. The molecule has 0 spiro atoms. The van der Waals surface area contributed by atoms with Crippen LogP contribution in [0.25, 0.3) is 22.0 Å². The average molecular weight is 711 g/mol. The maximum absolute atomic E-state index is 15.4. The molecule has 53 heavy (non-hydrogen) atoms. The molecule has 2 heterocycles. The molecule has 2 amide bonds. The summed E-state index contributed by atoms with van der Waals surface area (Å²) < 4.78 is 28.5. The number of nitrogens with one attached hydrogen (secondary N) is 1. The van der Waals surface area contributed by atoms with Gasteiger partial charge in [-0.2, -0.15) is 5.10 Å². The normalized spacial score (nSPS) is 14.9. The average Bonchev–Trinajstić information content (AvgIpc) is 3.53. The summed E-state index contributed by atoms with van der Waals surface area (Å²) in [6.45, 7) is 6.21. The molecule has 1 aliphatic rings. The molecule has 8 nitrogen and oxygen atoms in total. The summed E-state index contributed by atoms with van der Waals surface area (Å²) >= 11 is 0. The molecule has 0 unspecified atom stereocenters. The van der Waals surface area contributed by atoms with Gasteiger partial charge in [0.1, 0.15) is 22.7 Å². The number of hydrogen-bond donors (Lipinski definition) is 1. The Bertz CT molecular complexity index is 2140. The van der Waals surface area contributed by atoms with Gasteiger partial charge in [0.15, 0.2) is 5.82 Å². The van der Waals surface area contributed by atoms with Gasteiger partial charge < -0.3 is 19.7 Å². The number of ether oxygens (including phenoxy) is 2. The number of carbonyl (C=O) groups is 2. The number of benzene rings is 5. The lowest BCUT2D eigenvalue weighted by molar-refractivity contribution is -0.121. The van der Waals surface area contributed by atoms with Crippen molar-refractivity contribution in [3.63, 3.8) is 0 Å². The van der Waals surface area contributed by atoms with E-state index in [1.807, 2.05) is 98.2 Å². The van der Waals surface area contributed by atoms with Crippen molar-refractivity contribution in [2.45, 2.75) is 44.8 Å². The summed E-state index contributed by atoms with van der Waals surface area (Å²) in [7, 11) is 1.55. The van der Waals surface area contributed by atoms with E-state index in [0.29, 0.717) is 47.5 Å². The molecule has 0 bridgehead atoms. The number of likely N-dealkylation sites (tertiary alicyclic amines) is 1. The zero-order chi connectivity index (χ0) is 37.2. The number of amides is 2. The number of piperidine rings is 1. The van der Waals surface area contributed by atoms with E-state index in [1.165, 1.54) is 6.07 Å². The van der Waals surface area contributed by atoms with Crippen LogP contribution in [-0.4, -0.2) is 52.5 Å². The van der Waals surface area contributed by atoms with Crippen molar-refractivity contribution in [2.24, 2.45) is 5.92 Å². The predicted molar refractivity (Wildman–Crippen MR) is 205 cm³/mol. The first-order valence-corrected chi connectivity index (χ1v) is 17.9. The van der Waals surface area contributed by atoms with Crippen LogP contribution in [0.15, 0.2) is 127 Å². The highest BCUT2D eigenvalue weighted by Crippen LogP contribution is 2.44. The van der Waals surface area contributed by atoms with Gasteiger partial charge in [0, 0.05) is 24.0 Å². The zero-order valence-electron chi connectivity index (χ0n) is 30.4. The lowest BCUT2D eigenvalue weighted by Crippen LogP contribution is -2.45. The third-order valence-corrected chi connectivity index (χ3v) is 9.74. The Kier molecular flexibility index (Phi) is 9.75. The number of nitrogens with zero attached hydrogens (tertiary/aromatic N) is 3. The maximum Gasteiger partial charge on any atom is 0.410 e. The van der Waals surface area contributed by atoms with Crippen LogP contribution in [0.5, 0.6) is 5.75 Å². The summed E-state index contributed by atoms with van der Waals surface area (Å²) in [5.41, 5.74) is 2.93. The first-order valence-electron chi connectivity index (χ1n) is 17.9. The van der Waals surface area contributed by atoms with Crippen molar-refractivity contribution >= 4 is 28.7 Å². The number of rotatable bonds is 8. The molecule has 5 aromatic carbocycles. The van der Waals surface area contributed by atoms with Crippen LogP contribution < -0.4 is 10.1 Å². The quantitative estimate of drug-likeness (QED) is 0.159. The molecule has 270 valence electrons. The van der Waals surface area contributed by atoms with E-state index < -0.39 is 29.0 Å². The summed E-state index contributed by atoms with van der Waals surface area (Å²) in [5, 5.41) is 9.07. The Morgan fingerprint density at radius 1 is 0.811 bits per heavy atom. The van der Waals surface area contributed by atoms with Gasteiger partial charge in [-0.25, -0.2) is 13.9 Å². The highest BCUT2D eigenvalue weighted by molar-refractivity contribution is 6.02. The number of anilines is 1. The lowest BCUT2D eigenvalue weighted by Gasteiger charge is -2.37. The number of carbonyl (C=O) groups excluding carboxylic acids is 2. The molecule has 9 heteroatoms. The van der Waals surface area contributed by atoms with Gasteiger partial charge >= 0.3 is 6.09 Å². The zero-order valence-corrected chi connectivity index (χ0v) is 30.4. The van der Waals surface area contributed by atoms with Gasteiger partial charge in [0.2, 0.25) is 5.91 Å². The molecular formula is C44H43FN4O4. The fraction of sp³-hybridized carbons (Fsp3) is 0.250. The molecule has 1 saturated heterocycles. The minimum absolute atomic E-state index is 0.224. The van der Waals surface area contributed by atoms with Crippen molar-refractivity contribution in [3.8, 4) is 16.9 Å². The fourth-order valence-electron chi connectivity index (χ4n) is 7.29. The molecule has 0 aliphatic carbocycles. The van der Waals surface area contributed by atoms with Crippen molar-refractivity contribution in [3.05, 3.63) is 150 Å². The summed E-state index contributed by atoms with van der Waals surface area (Å²) in [5.74, 6) is -0.296. The molecule has 0 radical (unpaired) electrons. The molecular weight excluding hydrogens is 668 g/mol. The minimum atomic E-state index is -0.980. The number of halogens is 1. The predicted octanol–water partition coefficient (Wildman–Crippen LogP) is 9.28. The topological polar surface area (TPSA) is 85.7 Å². The third kappa shape index (κ3) is 6.99. The molecule has 1 aliphatic heterocycles. The van der Waals surface area contributed by atoms with E-state index in [1.54, 1.807) is 24.1 Å². The Morgan fingerprint density at radius 2 is 1.42 bits per heavy atom. The number of fused-ring (bicyclic) bond motifs is 1. The van der Waals surface area contributed by atoms with E-state index in [2.05, 4.69) is 41.7 Å². The first-order chi connectivity index (χ1) is 25.6.